The molecule has 0 aliphatic carbocycles. The molecule has 2 fully saturated rings. The predicted octanol–water partition coefficient (Wildman–Crippen LogP) is 6.13. The second kappa shape index (κ2) is 13.4. The van der Waals surface area contributed by atoms with Crippen molar-refractivity contribution in [2.75, 3.05) is 45.0 Å². The van der Waals surface area contributed by atoms with E-state index in [-0.39, 0.29) is 11.9 Å². The summed E-state index contributed by atoms with van der Waals surface area (Å²) >= 11 is 6.78. The summed E-state index contributed by atoms with van der Waals surface area (Å²) in [6.07, 6.45) is 7.52. The molecule has 0 spiro atoms. The molecule has 0 saturated carbocycles. The van der Waals surface area contributed by atoms with E-state index >= 15 is 0 Å². The fraction of sp³-hybridized carbons (Fsp3) is 0.531. The van der Waals surface area contributed by atoms with Gasteiger partial charge in [0.15, 0.2) is 11.5 Å². The standard InChI is InChI=1S/C32H43ClN6O4/c1-6-7-8-16-43-28-17-25(10-11-27(28)42-5)38-15-9-14-35(32(38)41)18-24-12-13-34-30-29(24)26(33)19-39(30)23(4)31(40)37-20-36(21-37)22(2)3/h10-13,17,19,22-23H,6-9,14-16,18,20-21H2,1-5H3. The highest BCUT2D eigenvalue weighted by molar-refractivity contribution is 6.35. The quantitative estimate of drug-likeness (QED) is 0.230. The van der Waals surface area contributed by atoms with E-state index in [0.29, 0.717) is 67.8 Å². The normalized spacial score (nSPS) is 16.6. The van der Waals surface area contributed by atoms with Gasteiger partial charge in [-0.25, -0.2) is 9.78 Å². The number of aromatic nitrogens is 2. The highest BCUT2D eigenvalue weighted by Gasteiger charge is 2.34. The number of methoxy groups -OCH3 is 1. The number of hydrogen-bond acceptors (Lipinski definition) is 6. The number of amides is 3. The minimum Gasteiger partial charge on any atom is -0.493 e. The van der Waals surface area contributed by atoms with Crippen molar-refractivity contribution in [1.82, 2.24) is 24.3 Å². The largest absolute Gasteiger partial charge is 0.493 e. The van der Waals surface area contributed by atoms with Crippen LogP contribution in [0.1, 0.15) is 65.0 Å². The number of anilines is 1. The van der Waals surface area contributed by atoms with Gasteiger partial charge < -0.3 is 23.8 Å². The molecule has 232 valence electrons. The number of ether oxygens (including phenoxy) is 2. The summed E-state index contributed by atoms with van der Waals surface area (Å²) in [6.45, 7) is 11.8. The molecule has 4 heterocycles. The van der Waals surface area contributed by atoms with Gasteiger partial charge in [-0.2, -0.15) is 0 Å². The van der Waals surface area contributed by atoms with E-state index in [4.69, 9.17) is 21.1 Å². The zero-order valence-corrected chi connectivity index (χ0v) is 26.6. The highest BCUT2D eigenvalue weighted by atomic mass is 35.5. The van der Waals surface area contributed by atoms with Crippen LogP contribution in [0.3, 0.4) is 0 Å². The number of halogens is 1. The number of rotatable bonds is 12. The first-order valence-corrected chi connectivity index (χ1v) is 15.6. The third kappa shape index (κ3) is 6.40. The molecule has 1 atom stereocenters. The van der Waals surface area contributed by atoms with Crippen molar-refractivity contribution in [1.29, 1.82) is 0 Å². The maximum atomic E-state index is 13.8. The maximum Gasteiger partial charge on any atom is 0.324 e. The van der Waals surface area contributed by atoms with Crippen LogP contribution in [0.25, 0.3) is 11.0 Å². The average Bonchev–Trinajstić information content (AvgIpc) is 3.32. The number of fused-ring (bicyclic) bond motifs is 1. The highest BCUT2D eigenvalue weighted by Crippen LogP contribution is 2.35. The third-order valence-corrected chi connectivity index (χ3v) is 8.70. The molecule has 0 N–H and O–H groups in total. The molecule has 1 aromatic carbocycles. The van der Waals surface area contributed by atoms with Gasteiger partial charge in [0.1, 0.15) is 11.7 Å². The van der Waals surface area contributed by atoms with E-state index < -0.39 is 6.04 Å². The van der Waals surface area contributed by atoms with Crippen LogP contribution in [-0.2, 0) is 11.3 Å². The first-order valence-electron chi connectivity index (χ1n) is 15.3. The van der Waals surface area contributed by atoms with E-state index in [1.54, 1.807) is 24.4 Å². The minimum atomic E-state index is -0.451. The van der Waals surface area contributed by atoms with Crippen LogP contribution in [0.2, 0.25) is 5.02 Å². The molecule has 3 aromatic rings. The fourth-order valence-electron chi connectivity index (χ4n) is 5.72. The number of benzene rings is 1. The Bertz CT molecular complexity index is 1450. The summed E-state index contributed by atoms with van der Waals surface area (Å²) < 4.78 is 13.4. The van der Waals surface area contributed by atoms with Crippen LogP contribution < -0.4 is 14.4 Å². The predicted molar refractivity (Wildman–Crippen MR) is 169 cm³/mol. The Labute approximate surface area is 259 Å². The lowest BCUT2D eigenvalue weighted by atomic mass is 10.1. The molecule has 0 radical (unpaired) electrons. The molecule has 2 aliphatic rings. The Morgan fingerprint density at radius 2 is 1.88 bits per heavy atom. The first-order chi connectivity index (χ1) is 20.7. The lowest BCUT2D eigenvalue weighted by molar-refractivity contribution is -0.153. The number of hydrogen-bond donors (Lipinski definition) is 0. The topological polar surface area (TPSA) is 83.4 Å². The van der Waals surface area contributed by atoms with Crippen molar-refractivity contribution >= 4 is 40.3 Å². The van der Waals surface area contributed by atoms with E-state index in [0.717, 1.165) is 42.3 Å². The molecule has 0 bridgehead atoms. The van der Waals surface area contributed by atoms with E-state index in [9.17, 15) is 9.59 Å². The summed E-state index contributed by atoms with van der Waals surface area (Å²) in [5, 5.41) is 1.29. The van der Waals surface area contributed by atoms with Gasteiger partial charge in [-0.3, -0.25) is 14.6 Å². The first kappa shape index (κ1) is 30.9. The van der Waals surface area contributed by atoms with Crippen LogP contribution in [0, 0.1) is 0 Å². The van der Waals surface area contributed by atoms with Gasteiger partial charge in [0.25, 0.3) is 0 Å². The molecule has 43 heavy (non-hydrogen) atoms. The van der Waals surface area contributed by atoms with Gasteiger partial charge in [0.05, 0.1) is 32.1 Å². The summed E-state index contributed by atoms with van der Waals surface area (Å²) in [7, 11) is 1.62. The van der Waals surface area contributed by atoms with Crippen LogP contribution in [0.5, 0.6) is 11.5 Å². The SMILES string of the molecule is CCCCCOc1cc(N2CCCN(Cc3ccnc4c3c(Cl)cn4C(C)C(=O)N3CN(C(C)C)C3)C2=O)ccc1OC. The molecule has 2 aromatic heterocycles. The molecule has 11 heteroatoms. The van der Waals surface area contributed by atoms with Crippen LogP contribution in [0.4, 0.5) is 10.5 Å². The Kier molecular flexibility index (Phi) is 9.66. The van der Waals surface area contributed by atoms with Gasteiger partial charge in [0.2, 0.25) is 5.91 Å². The Morgan fingerprint density at radius 3 is 2.60 bits per heavy atom. The van der Waals surface area contributed by atoms with Gasteiger partial charge in [-0.15, -0.1) is 0 Å². The Morgan fingerprint density at radius 1 is 1.09 bits per heavy atom. The molecule has 2 saturated heterocycles. The van der Waals surface area contributed by atoms with Gasteiger partial charge in [0, 0.05) is 55.2 Å². The lowest BCUT2D eigenvalue weighted by Gasteiger charge is -2.45. The number of carbonyl (C=O) groups excluding carboxylic acids is 2. The van der Waals surface area contributed by atoms with E-state index in [2.05, 4.69) is 30.7 Å². The smallest absolute Gasteiger partial charge is 0.324 e. The average molecular weight is 611 g/mol. The zero-order chi connectivity index (χ0) is 30.7. The molecule has 3 amide bonds. The summed E-state index contributed by atoms with van der Waals surface area (Å²) in [5.41, 5.74) is 2.32. The van der Waals surface area contributed by atoms with E-state index in [1.807, 2.05) is 45.6 Å². The summed E-state index contributed by atoms with van der Waals surface area (Å²) in [4.78, 5) is 39.3. The number of nitrogens with zero attached hydrogens (tertiary/aromatic N) is 6. The summed E-state index contributed by atoms with van der Waals surface area (Å²) in [5.74, 6) is 1.33. The van der Waals surface area contributed by atoms with Crippen molar-refractivity contribution in [3.63, 3.8) is 0 Å². The second-order valence-corrected chi connectivity index (χ2v) is 12.1. The lowest BCUT2D eigenvalue weighted by Crippen LogP contribution is -2.60. The van der Waals surface area contributed by atoms with Crippen molar-refractivity contribution in [2.24, 2.45) is 0 Å². The van der Waals surface area contributed by atoms with Gasteiger partial charge >= 0.3 is 6.03 Å². The van der Waals surface area contributed by atoms with Gasteiger partial charge in [-0.1, -0.05) is 31.4 Å². The number of unbranched alkanes of at least 4 members (excludes halogenated alkanes) is 2. The maximum absolute atomic E-state index is 13.8. The minimum absolute atomic E-state index is 0.0349. The van der Waals surface area contributed by atoms with Crippen molar-refractivity contribution < 1.29 is 19.1 Å². The number of urea groups is 1. The Balaban J connectivity index is 1.33. The molecule has 1 unspecified atom stereocenters. The van der Waals surface area contributed by atoms with Crippen LogP contribution >= 0.6 is 11.6 Å². The number of carbonyl (C=O) groups is 2. The van der Waals surface area contributed by atoms with Crippen molar-refractivity contribution in [3.05, 3.63) is 47.2 Å². The second-order valence-electron chi connectivity index (χ2n) is 11.7. The van der Waals surface area contributed by atoms with Gasteiger partial charge in [-0.05, 0) is 57.4 Å². The number of pyridine rings is 1. The molecule has 10 nitrogen and oxygen atoms in total. The zero-order valence-electron chi connectivity index (χ0n) is 25.9. The third-order valence-electron chi connectivity index (χ3n) is 8.41. The Hall–Kier alpha value is -3.50. The van der Waals surface area contributed by atoms with Crippen LogP contribution in [0.15, 0.2) is 36.7 Å². The monoisotopic (exact) mass is 610 g/mol. The van der Waals surface area contributed by atoms with Crippen molar-refractivity contribution in [2.45, 2.75) is 72.0 Å². The van der Waals surface area contributed by atoms with E-state index in [1.165, 1.54) is 0 Å². The van der Waals surface area contributed by atoms with Crippen molar-refractivity contribution in [3.8, 4) is 11.5 Å². The fourth-order valence-corrected chi connectivity index (χ4v) is 6.03. The van der Waals surface area contributed by atoms with Crippen LogP contribution in [-0.4, -0.2) is 82.4 Å². The molecule has 2 aliphatic heterocycles. The molecule has 5 rings (SSSR count). The molecular formula is C32H43ClN6O4. The summed E-state index contributed by atoms with van der Waals surface area (Å²) in [6, 6.07) is 7.42. The molecular weight excluding hydrogens is 568 g/mol.